The summed E-state index contributed by atoms with van der Waals surface area (Å²) in [5, 5.41) is 10.5. The molecule has 1 N–H and O–H groups in total. The fourth-order valence-electron chi connectivity index (χ4n) is 2.00. The summed E-state index contributed by atoms with van der Waals surface area (Å²) in [6.07, 6.45) is 0. The quantitative estimate of drug-likeness (QED) is 0.454. The van der Waals surface area contributed by atoms with Gasteiger partial charge in [0.05, 0.1) is 23.7 Å². The van der Waals surface area contributed by atoms with E-state index in [1.54, 1.807) is 0 Å². The highest BCUT2D eigenvalue weighted by Crippen LogP contribution is 2.12. The number of rotatable bonds is 5. The van der Waals surface area contributed by atoms with Crippen molar-refractivity contribution in [2.45, 2.75) is 0 Å². The SMILES string of the molecule is O=C(OCC[NH+]1CCOCC1)c1ccc([N+](=O)[O-])cc1. The summed E-state index contributed by atoms with van der Waals surface area (Å²) < 4.78 is 10.4. The summed E-state index contributed by atoms with van der Waals surface area (Å²) >= 11 is 0. The Hall–Kier alpha value is -1.99. The summed E-state index contributed by atoms with van der Waals surface area (Å²) in [6.45, 7) is 4.43. The maximum Gasteiger partial charge on any atom is 0.338 e. The second-order valence-electron chi connectivity index (χ2n) is 4.55. The predicted octanol–water partition coefficient (Wildman–Crippen LogP) is -0.333. The number of hydrogen-bond acceptors (Lipinski definition) is 5. The van der Waals surface area contributed by atoms with Gasteiger partial charge >= 0.3 is 5.97 Å². The molecule has 1 aliphatic heterocycles. The molecule has 0 saturated carbocycles. The standard InChI is InChI=1S/C13H16N2O5/c16-13(11-1-3-12(4-2-11)15(17)18)20-10-7-14-5-8-19-9-6-14/h1-4H,5-10H2/p+1. The minimum Gasteiger partial charge on any atom is -0.456 e. The van der Waals surface area contributed by atoms with Gasteiger partial charge in [0.1, 0.15) is 26.2 Å². The van der Waals surface area contributed by atoms with Crippen LogP contribution in [0.5, 0.6) is 0 Å². The lowest BCUT2D eigenvalue weighted by Crippen LogP contribution is -3.14. The lowest BCUT2D eigenvalue weighted by Gasteiger charge is -2.23. The van der Waals surface area contributed by atoms with Gasteiger partial charge in [-0.2, -0.15) is 0 Å². The Bertz CT molecular complexity index is 468. The van der Waals surface area contributed by atoms with E-state index in [0.29, 0.717) is 12.2 Å². The Morgan fingerprint density at radius 1 is 1.30 bits per heavy atom. The van der Waals surface area contributed by atoms with Crippen molar-refractivity contribution in [3.05, 3.63) is 39.9 Å². The van der Waals surface area contributed by atoms with Crippen molar-refractivity contribution < 1.29 is 24.1 Å². The lowest BCUT2D eigenvalue weighted by molar-refractivity contribution is -0.908. The van der Waals surface area contributed by atoms with Crippen LogP contribution in [0.4, 0.5) is 5.69 Å². The van der Waals surface area contributed by atoms with Crippen LogP contribution in [0.1, 0.15) is 10.4 Å². The van der Waals surface area contributed by atoms with Crippen LogP contribution in [0.25, 0.3) is 0 Å². The highest BCUT2D eigenvalue weighted by atomic mass is 16.6. The van der Waals surface area contributed by atoms with Gasteiger partial charge in [-0.05, 0) is 12.1 Å². The molecule has 0 amide bonds. The first kappa shape index (κ1) is 14.4. The predicted molar refractivity (Wildman–Crippen MR) is 69.8 cm³/mol. The highest BCUT2D eigenvalue weighted by molar-refractivity contribution is 5.89. The third-order valence-electron chi connectivity index (χ3n) is 3.20. The maximum atomic E-state index is 11.7. The van der Waals surface area contributed by atoms with Gasteiger partial charge in [-0.15, -0.1) is 0 Å². The van der Waals surface area contributed by atoms with Gasteiger partial charge in [-0.1, -0.05) is 0 Å². The monoisotopic (exact) mass is 281 g/mol. The lowest BCUT2D eigenvalue weighted by atomic mass is 10.2. The third kappa shape index (κ3) is 4.01. The number of nitro benzene ring substituents is 1. The highest BCUT2D eigenvalue weighted by Gasteiger charge is 2.15. The molecule has 1 aromatic carbocycles. The molecule has 0 spiro atoms. The second-order valence-corrected chi connectivity index (χ2v) is 4.55. The molecule has 1 aromatic rings. The van der Waals surface area contributed by atoms with Crippen molar-refractivity contribution in [2.75, 3.05) is 39.5 Å². The number of nitrogens with zero attached hydrogens (tertiary/aromatic N) is 1. The Labute approximate surface area is 116 Å². The molecule has 2 rings (SSSR count). The van der Waals surface area contributed by atoms with E-state index in [1.165, 1.54) is 29.2 Å². The van der Waals surface area contributed by atoms with Crippen LogP contribution >= 0.6 is 0 Å². The van der Waals surface area contributed by atoms with E-state index >= 15 is 0 Å². The number of hydrogen-bond donors (Lipinski definition) is 1. The largest absolute Gasteiger partial charge is 0.456 e. The topological polar surface area (TPSA) is 83.1 Å². The molecular weight excluding hydrogens is 264 g/mol. The van der Waals surface area contributed by atoms with Gasteiger partial charge in [0.2, 0.25) is 0 Å². The van der Waals surface area contributed by atoms with Gasteiger partial charge in [0.25, 0.3) is 5.69 Å². The summed E-state index contributed by atoms with van der Waals surface area (Å²) in [4.78, 5) is 23.1. The zero-order valence-corrected chi connectivity index (χ0v) is 11.0. The molecule has 0 atom stereocenters. The fraction of sp³-hybridized carbons (Fsp3) is 0.462. The zero-order valence-electron chi connectivity index (χ0n) is 11.0. The number of benzene rings is 1. The van der Waals surface area contributed by atoms with Crippen LogP contribution in [-0.4, -0.2) is 50.3 Å². The van der Waals surface area contributed by atoms with Crippen LogP contribution in [0, 0.1) is 10.1 Å². The van der Waals surface area contributed by atoms with Gasteiger partial charge < -0.3 is 14.4 Å². The number of ether oxygens (including phenoxy) is 2. The second kappa shape index (κ2) is 6.97. The van der Waals surface area contributed by atoms with Crippen LogP contribution < -0.4 is 4.90 Å². The molecule has 0 aliphatic carbocycles. The van der Waals surface area contributed by atoms with Crippen LogP contribution in [0.3, 0.4) is 0 Å². The number of non-ortho nitro benzene ring substituents is 1. The van der Waals surface area contributed by atoms with E-state index in [2.05, 4.69) is 0 Å². The molecule has 7 nitrogen and oxygen atoms in total. The number of esters is 1. The molecule has 7 heteroatoms. The number of carbonyl (C=O) groups excluding carboxylic acids is 1. The molecule has 0 radical (unpaired) electrons. The number of quaternary nitrogens is 1. The minimum absolute atomic E-state index is 0.0423. The van der Waals surface area contributed by atoms with Gasteiger partial charge in [-0.25, -0.2) is 4.79 Å². The number of morpholine rings is 1. The van der Waals surface area contributed by atoms with Crippen molar-refractivity contribution >= 4 is 11.7 Å². The van der Waals surface area contributed by atoms with Crippen molar-refractivity contribution in [3.8, 4) is 0 Å². The van der Waals surface area contributed by atoms with E-state index in [4.69, 9.17) is 9.47 Å². The van der Waals surface area contributed by atoms with E-state index in [9.17, 15) is 14.9 Å². The maximum absolute atomic E-state index is 11.7. The molecule has 1 heterocycles. The van der Waals surface area contributed by atoms with Crippen molar-refractivity contribution in [2.24, 2.45) is 0 Å². The minimum atomic E-state index is -0.503. The Kier molecular flexibility index (Phi) is 5.03. The van der Waals surface area contributed by atoms with Crippen molar-refractivity contribution in [3.63, 3.8) is 0 Å². The van der Waals surface area contributed by atoms with E-state index in [1.807, 2.05) is 0 Å². The van der Waals surface area contributed by atoms with Gasteiger partial charge in [-0.3, -0.25) is 10.1 Å². The van der Waals surface area contributed by atoms with E-state index < -0.39 is 10.9 Å². The van der Waals surface area contributed by atoms with Crippen LogP contribution in [0.15, 0.2) is 24.3 Å². The number of nitrogens with one attached hydrogen (secondary N) is 1. The van der Waals surface area contributed by atoms with E-state index in [0.717, 1.165) is 32.8 Å². The molecule has 0 unspecified atom stereocenters. The van der Waals surface area contributed by atoms with E-state index in [-0.39, 0.29) is 5.69 Å². The summed E-state index contributed by atoms with van der Waals surface area (Å²) in [6, 6.07) is 5.40. The number of carbonyl (C=O) groups is 1. The van der Waals surface area contributed by atoms with Crippen LogP contribution in [-0.2, 0) is 9.47 Å². The number of nitro groups is 1. The smallest absolute Gasteiger partial charge is 0.338 e. The average molecular weight is 281 g/mol. The fourth-order valence-corrected chi connectivity index (χ4v) is 2.00. The average Bonchev–Trinajstić information content (AvgIpc) is 2.48. The first-order valence-corrected chi connectivity index (χ1v) is 6.50. The van der Waals surface area contributed by atoms with Gasteiger partial charge in [0.15, 0.2) is 0 Å². The van der Waals surface area contributed by atoms with Gasteiger partial charge in [0, 0.05) is 12.1 Å². The van der Waals surface area contributed by atoms with Crippen molar-refractivity contribution in [1.29, 1.82) is 0 Å². The third-order valence-corrected chi connectivity index (χ3v) is 3.20. The van der Waals surface area contributed by atoms with Crippen LogP contribution in [0.2, 0.25) is 0 Å². The normalized spacial score (nSPS) is 15.8. The molecule has 20 heavy (non-hydrogen) atoms. The first-order valence-electron chi connectivity index (χ1n) is 6.50. The zero-order chi connectivity index (χ0) is 14.4. The Morgan fingerprint density at radius 2 is 1.95 bits per heavy atom. The van der Waals surface area contributed by atoms with Crippen molar-refractivity contribution in [1.82, 2.24) is 0 Å². The molecular formula is C13H17N2O5+. The summed E-state index contributed by atoms with van der Waals surface area (Å²) in [7, 11) is 0. The Balaban J connectivity index is 1.77. The molecule has 1 fully saturated rings. The molecule has 1 saturated heterocycles. The molecule has 0 bridgehead atoms. The Morgan fingerprint density at radius 3 is 2.55 bits per heavy atom. The molecule has 108 valence electrons. The summed E-state index contributed by atoms with van der Waals surface area (Å²) in [5.74, 6) is -0.451. The first-order chi connectivity index (χ1) is 9.66. The molecule has 1 aliphatic rings. The summed E-state index contributed by atoms with van der Waals surface area (Å²) in [5.41, 5.74) is 0.284. The molecule has 0 aromatic heterocycles.